The summed E-state index contributed by atoms with van der Waals surface area (Å²) in [6.07, 6.45) is 11.2. The van der Waals surface area contributed by atoms with Crippen LogP contribution >= 0.6 is 0 Å². The molecule has 1 unspecified atom stereocenters. The summed E-state index contributed by atoms with van der Waals surface area (Å²) < 4.78 is 9.55. The molecule has 0 spiro atoms. The zero-order valence-corrected chi connectivity index (χ0v) is 10.5. The van der Waals surface area contributed by atoms with Crippen LogP contribution in [-0.2, 0) is 11.2 Å². The Hall–Kier alpha value is -0.710. The molecule has 2 rings (SSSR count). The van der Waals surface area contributed by atoms with E-state index in [1.54, 1.807) is 0 Å². The van der Waals surface area contributed by atoms with Gasteiger partial charge in [0, 0.05) is 38.3 Å². The molecule has 0 radical (unpaired) electrons. The third-order valence-corrected chi connectivity index (χ3v) is 3.87. The van der Waals surface area contributed by atoms with Crippen molar-refractivity contribution in [3.05, 3.63) is 34.9 Å². The number of piperazine rings is 1. The van der Waals surface area contributed by atoms with Crippen LogP contribution in [0.25, 0.3) is 0 Å². The second-order valence-corrected chi connectivity index (χ2v) is 5.48. The molecular formula is C12H19N2OS+. The van der Waals surface area contributed by atoms with E-state index in [2.05, 4.69) is 22.4 Å². The number of nitrogens with one attached hydrogen (secondary N) is 1. The van der Waals surface area contributed by atoms with Gasteiger partial charge in [-0.2, -0.15) is 4.55 Å². The van der Waals surface area contributed by atoms with Crippen molar-refractivity contribution in [1.82, 2.24) is 10.2 Å². The van der Waals surface area contributed by atoms with Gasteiger partial charge in [-0.3, -0.25) is 0 Å². The summed E-state index contributed by atoms with van der Waals surface area (Å²) in [5.74, 6) is 0. The molecule has 0 aromatic rings. The highest BCUT2D eigenvalue weighted by Gasteiger charge is 2.16. The Labute approximate surface area is 100 Å². The Balaban J connectivity index is 2.08. The molecule has 0 amide bonds. The third-order valence-electron chi connectivity index (χ3n) is 2.91. The van der Waals surface area contributed by atoms with Crippen LogP contribution in [0.1, 0.15) is 6.42 Å². The predicted molar refractivity (Wildman–Crippen MR) is 70.3 cm³/mol. The fourth-order valence-corrected chi connectivity index (χ4v) is 2.54. The van der Waals surface area contributed by atoms with Gasteiger partial charge in [-0.15, -0.1) is 0 Å². The first kappa shape index (κ1) is 11.8. The molecule has 4 heteroatoms. The quantitative estimate of drug-likeness (QED) is 0.714. The maximum atomic E-state index is 9.55. The number of hydrogen-bond acceptors (Lipinski definition) is 3. The third kappa shape index (κ3) is 2.90. The molecule has 2 aliphatic rings. The lowest BCUT2D eigenvalue weighted by atomic mass is 10.2. The largest absolute Gasteiger partial charge is 0.372 e. The molecule has 88 valence electrons. The fourth-order valence-electron chi connectivity index (χ4n) is 1.98. The van der Waals surface area contributed by atoms with Crippen molar-refractivity contribution in [2.24, 2.45) is 0 Å². The molecule has 1 aliphatic carbocycles. The summed E-state index contributed by atoms with van der Waals surface area (Å²) in [5, 5.41) is 3.36. The highest BCUT2D eigenvalue weighted by molar-refractivity contribution is 7.94. The van der Waals surface area contributed by atoms with Crippen LogP contribution in [0, 0.1) is 0 Å². The normalized spacial score (nSPS) is 23.5. The van der Waals surface area contributed by atoms with E-state index in [1.807, 2.05) is 18.4 Å². The fraction of sp³-hybridized carbons (Fsp3) is 0.500. The minimum atomic E-state index is -0.634. The minimum absolute atomic E-state index is 0.634. The Bertz CT molecular complexity index is 328. The lowest BCUT2D eigenvalue weighted by Crippen LogP contribution is -2.42. The predicted octanol–water partition coefficient (Wildman–Crippen LogP) is 1.34. The highest BCUT2D eigenvalue weighted by Crippen LogP contribution is 2.18. The van der Waals surface area contributed by atoms with Crippen LogP contribution in [0.4, 0.5) is 0 Å². The highest BCUT2D eigenvalue weighted by atomic mass is 32.2. The van der Waals surface area contributed by atoms with Crippen molar-refractivity contribution < 1.29 is 4.55 Å². The first-order valence-corrected chi connectivity index (χ1v) is 7.24. The van der Waals surface area contributed by atoms with E-state index in [0.717, 1.165) is 37.5 Å². The Morgan fingerprint density at radius 3 is 2.75 bits per heavy atom. The van der Waals surface area contributed by atoms with Gasteiger partial charge >= 0.3 is 0 Å². The maximum Gasteiger partial charge on any atom is 0.189 e. The Kier molecular flexibility index (Phi) is 4.09. The van der Waals surface area contributed by atoms with Gasteiger partial charge in [0.25, 0.3) is 0 Å². The maximum absolute atomic E-state index is 9.55. The van der Waals surface area contributed by atoms with E-state index < -0.39 is 11.2 Å². The molecule has 3 nitrogen and oxygen atoms in total. The molecule has 1 atom stereocenters. The summed E-state index contributed by atoms with van der Waals surface area (Å²) in [4.78, 5) is 3.44. The van der Waals surface area contributed by atoms with Crippen molar-refractivity contribution in [2.75, 3.05) is 32.4 Å². The van der Waals surface area contributed by atoms with Crippen LogP contribution in [-0.4, -0.2) is 41.9 Å². The van der Waals surface area contributed by atoms with Gasteiger partial charge < -0.3 is 10.2 Å². The molecule has 1 heterocycles. The van der Waals surface area contributed by atoms with Crippen molar-refractivity contribution in [3.63, 3.8) is 0 Å². The van der Waals surface area contributed by atoms with Crippen LogP contribution in [0.3, 0.4) is 0 Å². The molecule has 0 bridgehead atoms. The number of rotatable bonds is 2. The number of hydrogen-bond donors (Lipinski definition) is 2. The molecular weight excluding hydrogens is 220 g/mol. The van der Waals surface area contributed by atoms with Crippen LogP contribution in [0.2, 0.25) is 0 Å². The average molecular weight is 239 g/mol. The monoisotopic (exact) mass is 239 g/mol. The van der Waals surface area contributed by atoms with Crippen molar-refractivity contribution in [3.8, 4) is 0 Å². The molecule has 0 aromatic heterocycles. The zero-order chi connectivity index (χ0) is 11.4. The zero-order valence-electron chi connectivity index (χ0n) is 9.65. The summed E-state index contributed by atoms with van der Waals surface area (Å²) in [5.41, 5.74) is 1.36. The molecule has 1 aliphatic heterocycles. The second-order valence-electron chi connectivity index (χ2n) is 4.05. The lowest BCUT2D eigenvalue weighted by Gasteiger charge is -2.31. The molecule has 0 saturated carbocycles. The topological polar surface area (TPSA) is 35.5 Å². The smallest absolute Gasteiger partial charge is 0.189 e. The van der Waals surface area contributed by atoms with Crippen LogP contribution in [0.15, 0.2) is 34.9 Å². The van der Waals surface area contributed by atoms with Gasteiger partial charge in [-0.05, 0) is 18.2 Å². The van der Waals surface area contributed by atoms with Gasteiger partial charge in [-0.25, -0.2) is 0 Å². The summed E-state index contributed by atoms with van der Waals surface area (Å²) in [6.45, 7) is 4.30. The van der Waals surface area contributed by atoms with Gasteiger partial charge in [0.1, 0.15) is 6.26 Å². The van der Waals surface area contributed by atoms with E-state index >= 15 is 0 Å². The van der Waals surface area contributed by atoms with E-state index in [0.29, 0.717) is 0 Å². The molecule has 1 saturated heterocycles. The van der Waals surface area contributed by atoms with Crippen molar-refractivity contribution >= 4 is 11.2 Å². The van der Waals surface area contributed by atoms with Gasteiger partial charge in [0.05, 0.1) is 0 Å². The van der Waals surface area contributed by atoms with Crippen LogP contribution < -0.4 is 5.32 Å². The summed E-state index contributed by atoms with van der Waals surface area (Å²) >= 11 is -0.634. The number of allylic oxidation sites excluding steroid dienone is 4. The Morgan fingerprint density at radius 1 is 1.31 bits per heavy atom. The Morgan fingerprint density at radius 2 is 2.06 bits per heavy atom. The second kappa shape index (κ2) is 5.57. The van der Waals surface area contributed by atoms with E-state index in [1.165, 1.54) is 5.70 Å². The van der Waals surface area contributed by atoms with E-state index in [9.17, 15) is 4.55 Å². The van der Waals surface area contributed by atoms with Crippen molar-refractivity contribution in [2.45, 2.75) is 6.42 Å². The lowest BCUT2D eigenvalue weighted by molar-refractivity contribution is 0.295. The minimum Gasteiger partial charge on any atom is -0.372 e. The first-order valence-electron chi connectivity index (χ1n) is 5.65. The SMILES string of the molecule is C[S+](O)C1=CC=C(N2CCNCC2)CC=C1. The average Bonchev–Trinajstić information content (AvgIpc) is 2.55. The summed E-state index contributed by atoms with van der Waals surface area (Å²) in [7, 11) is 0. The van der Waals surface area contributed by atoms with E-state index in [4.69, 9.17) is 0 Å². The van der Waals surface area contributed by atoms with Crippen LogP contribution in [0.5, 0.6) is 0 Å². The molecule has 16 heavy (non-hydrogen) atoms. The van der Waals surface area contributed by atoms with Gasteiger partial charge in [0.2, 0.25) is 0 Å². The molecule has 0 aromatic carbocycles. The summed E-state index contributed by atoms with van der Waals surface area (Å²) in [6, 6.07) is 0. The van der Waals surface area contributed by atoms with Crippen molar-refractivity contribution in [1.29, 1.82) is 0 Å². The van der Waals surface area contributed by atoms with Gasteiger partial charge in [0.15, 0.2) is 16.1 Å². The van der Waals surface area contributed by atoms with E-state index in [-0.39, 0.29) is 0 Å². The first-order chi connectivity index (χ1) is 7.77. The molecule has 2 N–H and O–H groups in total. The molecule has 1 fully saturated rings. The van der Waals surface area contributed by atoms with Gasteiger partial charge in [-0.1, -0.05) is 6.08 Å². The number of nitrogens with zero attached hydrogens (tertiary/aromatic N) is 1. The standard InChI is InChI=1S/C12H19N2OS/c1-16(15)12-4-2-3-11(5-6-12)14-9-7-13-8-10-14/h2,4-6,13,15H,3,7-10H2,1H3/q+1.